The molecule has 1 aromatic carbocycles. The second-order valence-corrected chi connectivity index (χ2v) is 10.6. The molecule has 9 nitrogen and oxygen atoms in total. The topological polar surface area (TPSA) is 110 Å². The molecule has 1 aromatic heterocycles. The van der Waals surface area contributed by atoms with E-state index in [1.807, 2.05) is 18.2 Å². The lowest BCUT2D eigenvalue weighted by Crippen LogP contribution is -2.45. The number of aromatic amines is 1. The third-order valence-corrected chi connectivity index (χ3v) is 8.09. The van der Waals surface area contributed by atoms with Crippen LogP contribution in [0.3, 0.4) is 0 Å². The summed E-state index contributed by atoms with van der Waals surface area (Å²) in [7, 11) is -0.586. The number of hydrogen-bond donors (Lipinski definition) is 2. The molecular weight excluding hydrogens is 418 g/mol. The van der Waals surface area contributed by atoms with Gasteiger partial charge in [-0.1, -0.05) is 18.2 Å². The molecule has 2 aromatic rings. The molecule has 0 atom stereocenters. The Bertz CT molecular complexity index is 1110. The Hall–Kier alpha value is -2.27. The maximum atomic E-state index is 12.7. The lowest BCUT2D eigenvalue weighted by Gasteiger charge is -2.32. The number of rotatable bonds is 5. The Morgan fingerprint density at radius 1 is 1.19 bits per heavy atom. The molecular formula is C21H29N5O4S. The zero-order valence-electron chi connectivity index (χ0n) is 17.9. The Balaban J connectivity index is 1.44. The zero-order valence-corrected chi connectivity index (χ0v) is 18.7. The second-order valence-electron chi connectivity index (χ2n) is 8.43. The molecule has 0 bridgehead atoms. The van der Waals surface area contributed by atoms with Gasteiger partial charge < -0.3 is 10.1 Å². The summed E-state index contributed by atoms with van der Waals surface area (Å²) in [6.07, 6.45) is 2.18. The molecule has 4 rings (SSSR count). The number of benzene rings is 1. The summed E-state index contributed by atoms with van der Waals surface area (Å²) in [4.78, 5) is 22.7. The fraction of sp³-hybridized carbons (Fsp3) is 0.524. The van der Waals surface area contributed by atoms with E-state index < -0.39 is 10.2 Å². The molecule has 1 fully saturated rings. The van der Waals surface area contributed by atoms with Gasteiger partial charge in [-0.2, -0.15) is 17.0 Å². The van der Waals surface area contributed by atoms with E-state index in [2.05, 4.69) is 9.88 Å². The van der Waals surface area contributed by atoms with Gasteiger partial charge in [-0.15, -0.1) is 0 Å². The third kappa shape index (κ3) is 4.52. The zero-order chi connectivity index (χ0) is 22.2. The molecule has 0 radical (unpaired) electrons. The predicted octanol–water partition coefficient (Wildman–Crippen LogP) is 1.02. The fourth-order valence-electron chi connectivity index (χ4n) is 4.29. The lowest BCUT2D eigenvalue weighted by molar-refractivity contribution is 0.199. The van der Waals surface area contributed by atoms with Crippen LogP contribution in [0.5, 0.6) is 5.75 Å². The lowest BCUT2D eigenvalue weighted by atomic mass is 9.95. The van der Waals surface area contributed by atoms with Crippen molar-refractivity contribution < 1.29 is 13.5 Å². The molecule has 31 heavy (non-hydrogen) atoms. The smallest absolute Gasteiger partial charge is 0.281 e. The van der Waals surface area contributed by atoms with E-state index >= 15 is 0 Å². The minimum atomic E-state index is -3.56. The first kappa shape index (κ1) is 21.9. The molecule has 0 saturated carbocycles. The van der Waals surface area contributed by atoms with Crippen LogP contribution in [0, 0.1) is 0 Å². The number of phenols is 1. The van der Waals surface area contributed by atoms with Crippen molar-refractivity contribution in [2.24, 2.45) is 0 Å². The highest BCUT2D eigenvalue weighted by atomic mass is 32.2. The number of nitrogens with one attached hydrogen (secondary N) is 1. The number of nitrogens with zero attached hydrogens (tertiary/aromatic N) is 4. The van der Waals surface area contributed by atoms with Crippen LogP contribution >= 0.6 is 0 Å². The Labute approximate surface area is 182 Å². The minimum absolute atomic E-state index is 0.0530. The van der Waals surface area contributed by atoms with E-state index in [1.54, 1.807) is 6.07 Å². The van der Waals surface area contributed by atoms with E-state index in [4.69, 9.17) is 4.98 Å². The van der Waals surface area contributed by atoms with Crippen molar-refractivity contribution in [3.8, 4) is 5.75 Å². The maximum Gasteiger partial charge on any atom is 0.281 e. The summed E-state index contributed by atoms with van der Waals surface area (Å²) < 4.78 is 27.3. The first-order valence-electron chi connectivity index (χ1n) is 10.5. The molecule has 0 aliphatic carbocycles. The molecule has 0 unspecified atom stereocenters. The van der Waals surface area contributed by atoms with Crippen LogP contribution in [0.1, 0.15) is 41.4 Å². The first-order chi connectivity index (χ1) is 14.8. The average Bonchev–Trinajstić information content (AvgIpc) is 2.75. The van der Waals surface area contributed by atoms with Crippen LogP contribution in [0.15, 0.2) is 29.1 Å². The summed E-state index contributed by atoms with van der Waals surface area (Å²) >= 11 is 0. The van der Waals surface area contributed by atoms with Gasteiger partial charge in [-0.3, -0.25) is 9.69 Å². The van der Waals surface area contributed by atoms with Crippen LogP contribution < -0.4 is 5.56 Å². The second kappa shape index (κ2) is 8.70. The third-order valence-electron chi connectivity index (χ3n) is 6.20. The number of fused-ring (bicyclic) bond motifs is 1. The summed E-state index contributed by atoms with van der Waals surface area (Å²) in [6.45, 7) is 2.78. The molecule has 0 amide bonds. The van der Waals surface area contributed by atoms with E-state index in [0.29, 0.717) is 42.3 Å². The van der Waals surface area contributed by atoms with Crippen LogP contribution in [0.2, 0.25) is 0 Å². The van der Waals surface area contributed by atoms with Crippen molar-refractivity contribution in [2.45, 2.75) is 38.3 Å². The number of likely N-dealkylation sites (tertiary alicyclic amines) is 1. The van der Waals surface area contributed by atoms with Crippen molar-refractivity contribution in [3.63, 3.8) is 0 Å². The average molecular weight is 448 g/mol. The summed E-state index contributed by atoms with van der Waals surface area (Å²) in [6, 6.07) is 7.38. The van der Waals surface area contributed by atoms with Crippen molar-refractivity contribution in [1.29, 1.82) is 0 Å². The highest BCUT2D eigenvalue weighted by molar-refractivity contribution is 7.86. The van der Waals surface area contributed by atoms with E-state index in [0.717, 1.165) is 35.8 Å². The van der Waals surface area contributed by atoms with Crippen LogP contribution in [-0.2, 0) is 29.7 Å². The minimum Gasteiger partial charge on any atom is -0.508 e. The number of H-pyrrole nitrogens is 1. The van der Waals surface area contributed by atoms with Gasteiger partial charge in [0.25, 0.3) is 15.8 Å². The quantitative estimate of drug-likeness (QED) is 0.708. The van der Waals surface area contributed by atoms with Crippen LogP contribution in [0.4, 0.5) is 0 Å². The van der Waals surface area contributed by atoms with Gasteiger partial charge >= 0.3 is 0 Å². The maximum absolute atomic E-state index is 12.7. The highest BCUT2D eigenvalue weighted by Crippen LogP contribution is 2.28. The van der Waals surface area contributed by atoms with Crippen molar-refractivity contribution >= 4 is 10.2 Å². The molecule has 1 saturated heterocycles. The molecule has 3 heterocycles. The number of para-hydroxylation sites is 1. The molecule has 168 valence electrons. The number of aromatic hydroxyl groups is 1. The Morgan fingerprint density at radius 3 is 2.58 bits per heavy atom. The van der Waals surface area contributed by atoms with Crippen molar-refractivity contribution in [2.75, 3.05) is 33.7 Å². The van der Waals surface area contributed by atoms with E-state index in [9.17, 15) is 18.3 Å². The Kier molecular flexibility index (Phi) is 6.16. The van der Waals surface area contributed by atoms with Gasteiger partial charge in [-0.05, 0) is 32.0 Å². The van der Waals surface area contributed by atoms with E-state index in [1.165, 1.54) is 18.4 Å². The van der Waals surface area contributed by atoms with E-state index in [-0.39, 0.29) is 18.0 Å². The fourth-order valence-corrected chi connectivity index (χ4v) is 5.37. The molecule has 10 heteroatoms. The SMILES string of the molecule is CN(C)S(=O)(=O)N1CCc2nc(C3CCN(Cc4ccccc4O)CC3)[nH]c(=O)c2C1. The first-order valence-corrected chi connectivity index (χ1v) is 11.9. The molecule has 2 aliphatic rings. The van der Waals surface area contributed by atoms with Crippen molar-refractivity contribution in [1.82, 2.24) is 23.5 Å². The molecule has 2 aliphatic heterocycles. The van der Waals surface area contributed by atoms with Gasteiger partial charge in [0.15, 0.2) is 0 Å². The standard InChI is InChI=1S/C21H29N5O4S/c1-24(2)31(29,30)26-12-9-18-17(14-26)21(28)23-20(22-18)15-7-10-25(11-8-15)13-16-5-3-4-6-19(16)27/h3-6,15,27H,7-14H2,1-2H3,(H,22,23,28). The van der Waals surface area contributed by atoms with Gasteiger partial charge in [0.1, 0.15) is 11.6 Å². The van der Waals surface area contributed by atoms with Crippen LogP contribution in [0.25, 0.3) is 0 Å². The monoisotopic (exact) mass is 447 g/mol. The number of hydrogen-bond acceptors (Lipinski definition) is 6. The summed E-state index contributed by atoms with van der Waals surface area (Å²) in [5.74, 6) is 1.19. The highest BCUT2D eigenvalue weighted by Gasteiger charge is 2.32. The normalized spacial score (nSPS) is 18.9. The predicted molar refractivity (Wildman–Crippen MR) is 117 cm³/mol. The largest absolute Gasteiger partial charge is 0.508 e. The van der Waals surface area contributed by atoms with Gasteiger partial charge in [-0.25, -0.2) is 4.98 Å². The summed E-state index contributed by atoms with van der Waals surface area (Å²) in [5.41, 5.74) is 1.83. The molecule has 0 spiro atoms. The molecule has 2 N–H and O–H groups in total. The van der Waals surface area contributed by atoms with Gasteiger partial charge in [0.05, 0.1) is 11.3 Å². The Morgan fingerprint density at radius 2 is 1.90 bits per heavy atom. The number of phenolic OH excluding ortho intramolecular Hbond substituents is 1. The van der Waals surface area contributed by atoms with Crippen LogP contribution in [-0.4, -0.2) is 70.7 Å². The van der Waals surface area contributed by atoms with Gasteiger partial charge in [0, 0.05) is 51.6 Å². The summed E-state index contributed by atoms with van der Waals surface area (Å²) in [5, 5.41) is 9.99. The van der Waals surface area contributed by atoms with Gasteiger partial charge in [0.2, 0.25) is 0 Å². The number of aromatic nitrogens is 2. The van der Waals surface area contributed by atoms with Crippen molar-refractivity contribution in [3.05, 3.63) is 57.3 Å². The number of piperidine rings is 1.